The zero-order chi connectivity index (χ0) is 17.6. The molecule has 1 fully saturated rings. The number of amides is 2. The number of aliphatic carboxylic acids is 1. The van der Waals surface area contributed by atoms with Crippen LogP contribution in [0.5, 0.6) is 0 Å². The smallest absolute Gasteiger partial charge is 0.322 e. The maximum atomic E-state index is 12.3. The third-order valence-corrected chi connectivity index (χ3v) is 4.12. The highest BCUT2D eigenvalue weighted by Gasteiger charge is 2.41. The lowest BCUT2D eigenvalue weighted by Crippen LogP contribution is -2.32. The molecule has 0 radical (unpaired) electrons. The number of hydrogen-bond acceptors (Lipinski definition) is 4. The number of carboxylic acid groups (broad SMARTS) is 1. The van der Waals surface area contributed by atoms with Gasteiger partial charge in [-0.05, 0) is 30.5 Å². The van der Waals surface area contributed by atoms with Gasteiger partial charge in [0.25, 0.3) is 0 Å². The molecule has 0 aromatic heterocycles. The number of nitriles is 1. The number of rotatable bonds is 6. The number of benzene rings is 1. The largest absolute Gasteiger partial charge is 0.480 e. The molecule has 1 aliphatic carbocycles. The van der Waals surface area contributed by atoms with Crippen LogP contribution in [0.1, 0.15) is 31.2 Å². The fourth-order valence-corrected chi connectivity index (χ4v) is 2.75. The van der Waals surface area contributed by atoms with Gasteiger partial charge in [0.15, 0.2) is 0 Å². The summed E-state index contributed by atoms with van der Waals surface area (Å²) >= 11 is 0. The van der Waals surface area contributed by atoms with Crippen molar-refractivity contribution in [2.45, 2.75) is 32.1 Å². The number of hydrogen-bond donors (Lipinski definition) is 3. The second-order valence-electron chi connectivity index (χ2n) is 5.90. The number of nitrogens with zero attached hydrogens (tertiary/aromatic N) is 1. The van der Waals surface area contributed by atoms with Crippen LogP contribution in [0.4, 0.5) is 5.69 Å². The molecule has 1 aromatic rings. The van der Waals surface area contributed by atoms with E-state index < -0.39 is 17.9 Å². The van der Waals surface area contributed by atoms with Crippen LogP contribution < -0.4 is 10.6 Å². The van der Waals surface area contributed by atoms with Gasteiger partial charge in [0.2, 0.25) is 11.8 Å². The van der Waals surface area contributed by atoms with Crippen LogP contribution in [-0.2, 0) is 20.8 Å². The molecule has 1 saturated carbocycles. The molecule has 2 rings (SSSR count). The molecule has 0 unspecified atom stereocenters. The summed E-state index contributed by atoms with van der Waals surface area (Å²) in [5.74, 6) is -1.77. The summed E-state index contributed by atoms with van der Waals surface area (Å²) in [7, 11) is 0. The summed E-state index contributed by atoms with van der Waals surface area (Å²) in [5, 5.41) is 22.8. The van der Waals surface area contributed by atoms with Gasteiger partial charge in [0.05, 0.1) is 12.5 Å². The SMILES string of the molecule is N#CC1(C(=O)Nc2ccc(CC(=O)NCC(=O)O)cc2)CCCC1. The van der Waals surface area contributed by atoms with E-state index >= 15 is 0 Å². The van der Waals surface area contributed by atoms with Crippen molar-refractivity contribution in [3.05, 3.63) is 29.8 Å². The first-order valence-electron chi connectivity index (χ1n) is 7.75. The Hall–Kier alpha value is -2.88. The van der Waals surface area contributed by atoms with E-state index in [1.54, 1.807) is 24.3 Å². The quantitative estimate of drug-likeness (QED) is 0.730. The van der Waals surface area contributed by atoms with Crippen LogP contribution in [0.3, 0.4) is 0 Å². The van der Waals surface area contributed by atoms with E-state index in [0.717, 1.165) is 12.8 Å². The molecule has 0 spiro atoms. The topological polar surface area (TPSA) is 119 Å². The van der Waals surface area contributed by atoms with Gasteiger partial charge in [-0.25, -0.2) is 0 Å². The molecule has 126 valence electrons. The van der Waals surface area contributed by atoms with Crippen LogP contribution in [0.25, 0.3) is 0 Å². The zero-order valence-electron chi connectivity index (χ0n) is 13.2. The van der Waals surface area contributed by atoms with E-state index in [9.17, 15) is 19.6 Å². The van der Waals surface area contributed by atoms with Crippen molar-refractivity contribution in [2.24, 2.45) is 5.41 Å². The molecular formula is C17H19N3O4. The molecule has 0 atom stereocenters. The fraction of sp³-hybridized carbons (Fsp3) is 0.412. The van der Waals surface area contributed by atoms with Crippen LogP contribution in [0.15, 0.2) is 24.3 Å². The second-order valence-corrected chi connectivity index (χ2v) is 5.90. The van der Waals surface area contributed by atoms with Crippen LogP contribution >= 0.6 is 0 Å². The Kier molecular flexibility index (Phi) is 5.53. The maximum Gasteiger partial charge on any atom is 0.322 e. The summed E-state index contributed by atoms with van der Waals surface area (Å²) in [6.45, 7) is -0.413. The van der Waals surface area contributed by atoms with Crippen LogP contribution in [0.2, 0.25) is 0 Å². The molecular weight excluding hydrogens is 310 g/mol. The Morgan fingerprint density at radius 2 is 1.79 bits per heavy atom. The van der Waals surface area contributed by atoms with Gasteiger partial charge in [-0.1, -0.05) is 25.0 Å². The van der Waals surface area contributed by atoms with E-state index in [1.165, 1.54) is 0 Å². The predicted octanol–water partition coefficient (Wildman–Crippen LogP) is 1.45. The van der Waals surface area contributed by atoms with Gasteiger partial charge >= 0.3 is 5.97 Å². The molecule has 1 aromatic carbocycles. The highest BCUT2D eigenvalue weighted by Crippen LogP contribution is 2.38. The second kappa shape index (κ2) is 7.59. The lowest BCUT2D eigenvalue weighted by atomic mass is 9.87. The predicted molar refractivity (Wildman–Crippen MR) is 85.9 cm³/mol. The van der Waals surface area contributed by atoms with E-state index in [1.807, 2.05) is 0 Å². The number of carboxylic acids is 1. The van der Waals surface area contributed by atoms with Crippen molar-refractivity contribution in [2.75, 3.05) is 11.9 Å². The third kappa shape index (κ3) is 4.32. The Labute approximate surface area is 139 Å². The molecule has 0 aliphatic heterocycles. The minimum atomic E-state index is -1.10. The van der Waals surface area contributed by atoms with Crippen molar-refractivity contribution in [3.8, 4) is 6.07 Å². The summed E-state index contributed by atoms with van der Waals surface area (Å²) in [6, 6.07) is 8.84. The lowest BCUT2D eigenvalue weighted by Gasteiger charge is -2.19. The Bertz CT molecular complexity index is 670. The first kappa shape index (κ1) is 17.5. The third-order valence-electron chi connectivity index (χ3n) is 4.12. The standard InChI is InChI=1S/C17H19N3O4/c18-11-17(7-1-2-8-17)16(24)20-13-5-3-12(4-6-13)9-14(21)19-10-15(22)23/h3-6H,1-2,7-10H2,(H,19,21)(H,20,24)(H,22,23). The monoisotopic (exact) mass is 329 g/mol. The normalized spacial score (nSPS) is 15.3. The van der Waals surface area contributed by atoms with Gasteiger partial charge in [-0.2, -0.15) is 5.26 Å². The molecule has 2 amide bonds. The highest BCUT2D eigenvalue weighted by molar-refractivity contribution is 5.97. The molecule has 3 N–H and O–H groups in total. The van der Waals surface area contributed by atoms with Gasteiger partial charge in [0.1, 0.15) is 12.0 Å². The summed E-state index contributed by atoms with van der Waals surface area (Å²) < 4.78 is 0. The van der Waals surface area contributed by atoms with E-state index in [2.05, 4.69) is 16.7 Å². The van der Waals surface area contributed by atoms with Gasteiger partial charge in [-0.15, -0.1) is 0 Å². The van der Waals surface area contributed by atoms with E-state index in [4.69, 9.17) is 5.11 Å². The first-order valence-corrected chi connectivity index (χ1v) is 7.75. The summed E-state index contributed by atoms with van der Waals surface area (Å²) in [4.78, 5) is 34.3. The number of nitrogens with one attached hydrogen (secondary N) is 2. The lowest BCUT2D eigenvalue weighted by molar-refractivity contribution is -0.137. The molecule has 7 nitrogen and oxygen atoms in total. The molecule has 1 aliphatic rings. The number of carbonyl (C=O) groups is 3. The van der Waals surface area contributed by atoms with Crippen molar-refractivity contribution in [1.82, 2.24) is 5.32 Å². The van der Waals surface area contributed by atoms with Crippen molar-refractivity contribution >= 4 is 23.5 Å². The Morgan fingerprint density at radius 3 is 2.33 bits per heavy atom. The molecule has 0 heterocycles. The molecule has 24 heavy (non-hydrogen) atoms. The fourth-order valence-electron chi connectivity index (χ4n) is 2.75. The van der Waals surface area contributed by atoms with Crippen LogP contribution in [0, 0.1) is 16.7 Å². The van der Waals surface area contributed by atoms with E-state index in [0.29, 0.717) is 24.1 Å². The number of carbonyl (C=O) groups excluding carboxylic acids is 2. The van der Waals surface area contributed by atoms with Crippen molar-refractivity contribution < 1.29 is 19.5 Å². The minimum Gasteiger partial charge on any atom is -0.480 e. The molecule has 7 heteroatoms. The van der Waals surface area contributed by atoms with Gasteiger partial charge in [-0.3, -0.25) is 14.4 Å². The Morgan fingerprint density at radius 1 is 1.17 bits per heavy atom. The maximum absolute atomic E-state index is 12.3. The van der Waals surface area contributed by atoms with Gasteiger partial charge < -0.3 is 15.7 Å². The average molecular weight is 329 g/mol. The number of anilines is 1. The van der Waals surface area contributed by atoms with E-state index in [-0.39, 0.29) is 18.2 Å². The average Bonchev–Trinajstić information content (AvgIpc) is 3.05. The first-order chi connectivity index (χ1) is 11.4. The molecule has 0 bridgehead atoms. The van der Waals surface area contributed by atoms with Crippen molar-refractivity contribution in [3.63, 3.8) is 0 Å². The molecule has 0 saturated heterocycles. The highest BCUT2D eigenvalue weighted by atomic mass is 16.4. The zero-order valence-corrected chi connectivity index (χ0v) is 13.2. The van der Waals surface area contributed by atoms with Gasteiger partial charge in [0, 0.05) is 5.69 Å². The summed E-state index contributed by atoms with van der Waals surface area (Å²) in [6.07, 6.45) is 2.98. The minimum absolute atomic E-state index is 0.0592. The summed E-state index contributed by atoms with van der Waals surface area (Å²) in [5.41, 5.74) is 0.332. The van der Waals surface area contributed by atoms with Crippen molar-refractivity contribution in [1.29, 1.82) is 5.26 Å². The Balaban J connectivity index is 1.92. The van der Waals surface area contributed by atoms with Crippen LogP contribution in [-0.4, -0.2) is 29.4 Å².